The van der Waals surface area contributed by atoms with Gasteiger partial charge in [-0.3, -0.25) is 0 Å². The number of anilines is 1. The largest absolute Gasteiger partial charge is 0.383 e. The molecular weight excluding hydrogens is 262 g/mol. The lowest BCUT2D eigenvalue weighted by Crippen LogP contribution is -2.30. The van der Waals surface area contributed by atoms with Gasteiger partial charge >= 0.3 is 0 Å². The van der Waals surface area contributed by atoms with Crippen molar-refractivity contribution in [2.24, 2.45) is 5.92 Å². The molecule has 1 fully saturated rings. The number of ether oxygens (including phenoxy) is 1. The molecule has 1 aromatic rings. The summed E-state index contributed by atoms with van der Waals surface area (Å²) in [4.78, 5) is 7.14. The fraction of sp³-hybridized carbons (Fsp3) is 0.706. The highest BCUT2D eigenvalue weighted by molar-refractivity contribution is 5.45. The van der Waals surface area contributed by atoms with Gasteiger partial charge in [-0.15, -0.1) is 0 Å². The molecule has 0 bridgehead atoms. The maximum atomic E-state index is 5.24. The van der Waals surface area contributed by atoms with Gasteiger partial charge in [0.05, 0.1) is 6.61 Å². The highest BCUT2D eigenvalue weighted by Crippen LogP contribution is 2.31. The minimum atomic E-state index is 0.658. The van der Waals surface area contributed by atoms with E-state index in [1.165, 1.54) is 18.4 Å². The van der Waals surface area contributed by atoms with Crippen molar-refractivity contribution in [2.75, 3.05) is 31.7 Å². The number of nitrogens with one attached hydrogen (secondary N) is 1. The van der Waals surface area contributed by atoms with Crippen molar-refractivity contribution in [3.05, 3.63) is 23.4 Å². The van der Waals surface area contributed by atoms with Crippen molar-refractivity contribution in [3.63, 3.8) is 0 Å². The van der Waals surface area contributed by atoms with Crippen molar-refractivity contribution >= 4 is 5.82 Å². The van der Waals surface area contributed by atoms with Gasteiger partial charge in [0.2, 0.25) is 0 Å². The van der Waals surface area contributed by atoms with Crippen molar-refractivity contribution in [1.29, 1.82) is 0 Å². The first-order chi connectivity index (χ1) is 10.1. The van der Waals surface area contributed by atoms with E-state index in [4.69, 9.17) is 9.72 Å². The molecule has 0 atom stereocenters. The van der Waals surface area contributed by atoms with Crippen LogP contribution in [-0.2, 0) is 11.3 Å². The Labute approximate surface area is 128 Å². The SMILES string of the molecule is COCCN(c1cc(CNCC(C)C)cc(C)n1)C1CC1. The summed E-state index contributed by atoms with van der Waals surface area (Å²) in [6.45, 7) is 10.2. The van der Waals surface area contributed by atoms with Gasteiger partial charge in [0.1, 0.15) is 5.82 Å². The van der Waals surface area contributed by atoms with Gasteiger partial charge in [-0.2, -0.15) is 0 Å². The standard InChI is InChI=1S/C17H29N3O/c1-13(2)11-18-12-15-9-14(3)19-17(10-15)20(7-8-21-4)16-5-6-16/h9-10,13,16,18H,5-8,11-12H2,1-4H3. The monoisotopic (exact) mass is 291 g/mol. The second-order valence-electron chi connectivity index (χ2n) is 6.42. The molecule has 1 heterocycles. The molecule has 4 nitrogen and oxygen atoms in total. The smallest absolute Gasteiger partial charge is 0.129 e. The number of methoxy groups -OCH3 is 1. The van der Waals surface area contributed by atoms with Crippen LogP contribution in [0.15, 0.2) is 12.1 Å². The number of aromatic nitrogens is 1. The third kappa shape index (κ3) is 5.29. The van der Waals surface area contributed by atoms with Crippen LogP contribution in [-0.4, -0.2) is 37.8 Å². The van der Waals surface area contributed by atoms with Crippen LogP contribution in [0.1, 0.15) is 37.9 Å². The lowest BCUT2D eigenvalue weighted by molar-refractivity contribution is 0.204. The summed E-state index contributed by atoms with van der Waals surface area (Å²) in [6, 6.07) is 5.07. The zero-order valence-corrected chi connectivity index (χ0v) is 13.9. The molecule has 118 valence electrons. The summed E-state index contributed by atoms with van der Waals surface area (Å²) >= 11 is 0. The van der Waals surface area contributed by atoms with Crippen molar-refractivity contribution < 1.29 is 4.74 Å². The van der Waals surface area contributed by atoms with Gasteiger partial charge < -0.3 is 15.0 Å². The van der Waals surface area contributed by atoms with E-state index in [1.54, 1.807) is 7.11 Å². The number of hydrogen-bond acceptors (Lipinski definition) is 4. The van der Waals surface area contributed by atoms with E-state index >= 15 is 0 Å². The van der Waals surface area contributed by atoms with Gasteiger partial charge in [0.25, 0.3) is 0 Å². The van der Waals surface area contributed by atoms with Gasteiger partial charge in [-0.05, 0) is 49.9 Å². The van der Waals surface area contributed by atoms with Crippen LogP contribution >= 0.6 is 0 Å². The minimum Gasteiger partial charge on any atom is -0.383 e. The number of nitrogens with zero attached hydrogens (tertiary/aromatic N) is 2. The number of rotatable bonds is 9. The molecule has 2 rings (SSSR count). The molecular formula is C17H29N3O. The van der Waals surface area contributed by atoms with Crippen LogP contribution < -0.4 is 10.2 Å². The Hall–Kier alpha value is -1.13. The van der Waals surface area contributed by atoms with Crippen LogP contribution in [0.4, 0.5) is 5.82 Å². The molecule has 1 aliphatic rings. The zero-order valence-electron chi connectivity index (χ0n) is 13.9. The van der Waals surface area contributed by atoms with Gasteiger partial charge in [-0.1, -0.05) is 13.8 Å². The van der Waals surface area contributed by atoms with E-state index in [1.807, 2.05) is 0 Å². The van der Waals surface area contributed by atoms with Crippen LogP contribution in [0.25, 0.3) is 0 Å². The normalized spacial score (nSPS) is 14.7. The fourth-order valence-electron chi connectivity index (χ4n) is 2.54. The molecule has 1 aliphatic carbocycles. The summed E-state index contributed by atoms with van der Waals surface area (Å²) in [5.74, 6) is 1.79. The van der Waals surface area contributed by atoms with Crippen LogP contribution in [0.2, 0.25) is 0 Å². The molecule has 0 amide bonds. The maximum Gasteiger partial charge on any atom is 0.129 e. The number of pyridine rings is 1. The fourth-order valence-corrected chi connectivity index (χ4v) is 2.54. The average Bonchev–Trinajstić information content (AvgIpc) is 3.23. The minimum absolute atomic E-state index is 0.658. The Kier molecular flexibility index (Phi) is 6.00. The van der Waals surface area contributed by atoms with E-state index in [0.717, 1.165) is 37.8 Å². The van der Waals surface area contributed by atoms with E-state index in [9.17, 15) is 0 Å². The molecule has 0 spiro atoms. The van der Waals surface area contributed by atoms with Crippen molar-refractivity contribution in [1.82, 2.24) is 10.3 Å². The Morgan fingerprint density at radius 2 is 2.14 bits per heavy atom. The molecule has 1 N–H and O–H groups in total. The summed E-state index contributed by atoms with van der Waals surface area (Å²) in [5.41, 5.74) is 2.41. The second kappa shape index (κ2) is 7.76. The van der Waals surface area contributed by atoms with Gasteiger partial charge in [0.15, 0.2) is 0 Å². The Morgan fingerprint density at radius 1 is 1.38 bits per heavy atom. The van der Waals surface area contributed by atoms with Gasteiger partial charge in [-0.25, -0.2) is 4.98 Å². The molecule has 0 radical (unpaired) electrons. The Balaban J connectivity index is 2.05. The second-order valence-corrected chi connectivity index (χ2v) is 6.42. The molecule has 4 heteroatoms. The summed E-state index contributed by atoms with van der Waals surface area (Å²) in [7, 11) is 1.76. The van der Waals surface area contributed by atoms with E-state index in [0.29, 0.717) is 12.0 Å². The average molecular weight is 291 g/mol. The molecule has 0 unspecified atom stereocenters. The maximum absolute atomic E-state index is 5.24. The van der Waals surface area contributed by atoms with E-state index in [2.05, 4.69) is 43.1 Å². The zero-order chi connectivity index (χ0) is 15.2. The van der Waals surface area contributed by atoms with E-state index in [-0.39, 0.29) is 0 Å². The quantitative estimate of drug-likeness (QED) is 0.759. The number of hydrogen-bond donors (Lipinski definition) is 1. The summed E-state index contributed by atoms with van der Waals surface area (Å²) < 4.78 is 5.24. The van der Waals surface area contributed by atoms with Crippen LogP contribution in [0, 0.1) is 12.8 Å². The van der Waals surface area contributed by atoms with Crippen LogP contribution in [0.5, 0.6) is 0 Å². The topological polar surface area (TPSA) is 37.4 Å². The highest BCUT2D eigenvalue weighted by Gasteiger charge is 2.29. The third-order valence-corrected chi connectivity index (χ3v) is 3.70. The van der Waals surface area contributed by atoms with Gasteiger partial charge in [0, 0.05) is 31.9 Å². The van der Waals surface area contributed by atoms with E-state index < -0.39 is 0 Å². The van der Waals surface area contributed by atoms with Crippen LogP contribution in [0.3, 0.4) is 0 Å². The predicted octanol–water partition coefficient (Wildman–Crippen LogP) is 2.75. The summed E-state index contributed by atoms with van der Waals surface area (Å²) in [6.07, 6.45) is 2.56. The Bertz CT molecular complexity index is 444. The summed E-state index contributed by atoms with van der Waals surface area (Å²) in [5, 5.41) is 3.51. The third-order valence-electron chi connectivity index (χ3n) is 3.70. The molecule has 0 aromatic carbocycles. The molecule has 1 aromatic heterocycles. The van der Waals surface area contributed by atoms with Crippen molar-refractivity contribution in [3.8, 4) is 0 Å². The first kappa shape index (κ1) is 16.2. The lowest BCUT2D eigenvalue weighted by Gasteiger charge is -2.24. The first-order valence-electron chi connectivity index (χ1n) is 8.04. The Morgan fingerprint density at radius 3 is 2.76 bits per heavy atom. The molecule has 21 heavy (non-hydrogen) atoms. The number of aryl methyl sites for hydroxylation is 1. The molecule has 1 saturated carbocycles. The lowest BCUT2D eigenvalue weighted by atomic mass is 10.2. The van der Waals surface area contributed by atoms with Crippen molar-refractivity contribution in [2.45, 2.75) is 46.2 Å². The predicted molar refractivity (Wildman–Crippen MR) is 87.8 cm³/mol. The molecule has 0 aliphatic heterocycles. The highest BCUT2D eigenvalue weighted by atomic mass is 16.5. The molecule has 0 saturated heterocycles. The first-order valence-corrected chi connectivity index (χ1v) is 8.04.